The van der Waals surface area contributed by atoms with Crippen molar-refractivity contribution in [1.82, 2.24) is 10.6 Å². The van der Waals surface area contributed by atoms with Crippen molar-refractivity contribution in [1.29, 1.82) is 0 Å². The number of amides is 2. The van der Waals surface area contributed by atoms with E-state index in [1.54, 1.807) is 45.5 Å². The van der Waals surface area contributed by atoms with Gasteiger partial charge in [0.05, 0.1) is 37.8 Å². The van der Waals surface area contributed by atoms with Gasteiger partial charge in [-0.05, 0) is 59.5 Å². The molecule has 14 heteroatoms. The van der Waals surface area contributed by atoms with Gasteiger partial charge in [0.25, 0.3) is 0 Å². The van der Waals surface area contributed by atoms with Crippen LogP contribution < -0.4 is 40.5 Å². The number of allylic oxidation sites excluding steroid dienone is 4. The number of aromatic nitrogens is 1. The largest absolute Gasteiger partial charge is 0.548 e. The number of likely N-dealkylation sites (N-methyl/N-ethyl adjacent to an activating group) is 2. The summed E-state index contributed by atoms with van der Waals surface area (Å²) in [5.41, 5.74) is 5.74. The summed E-state index contributed by atoms with van der Waals surface area (Å²) in [6.07, 6.45) is 20.5. The number of carboxylic acids is 2. The number of carbonyl (C=O) groups excluding carboxylic acids is 4. The molecule has 12 nitrogen and oxygen atoms in total. The van der Waals surface area contributed by atoms with E-state index in [1.165, 1.54) is 0 Å². The molecule has 0 fully saturated rings. The number of pyridine rings is 1. The van der Waals surface area contributed by atoms with Crippen LogP contribution in [0.15, 0.2) is 103 Å². The lowest BCUT2D eigenvalue weighted by Gasteiger charge is -2.19. The first-order valence-electron chi connectivity index (χ1n) is 19.3. The minimum Gasteiger partial charge on any atom is -0.548 e. The fraction of sp³-hybridized carbons (Fsp3) is 0.341. The zero-order valence-corrected chi connectivity index (χ0v) is 35.3. The molecule has 0 aliphatic rings. The van der Waals surface area contributed by atoms with Crippen molar-refractivity contribution in [3.8, 4) is 0 Å². The number of hydrogen-bond acceptors (Lipinski definition) is 10. The van der Waals surface area contributed by atoms with Gasteiger partial charge in [-0.25, -0.2) is 4.57 Å². The Morgan fingerprint density at radius 1 is 0.690 bits per heavy atom. The highest BCUT2D eigenvalue weighted by atomic mass is 33.1. The van der Waals surface area contributed by atoms with Gasteiger partial charge in [0, 0.05) is 87.9 Å². The average molecular weight is 829 g/mol. The predicted octanol–water partition coefficient (Wildman–Crippen LogP) is 2.43. The highest BCUT2D eigenvalue weighted by Gasteiger charge is 2.06. The topological polar surface area (TPSA) is 165 Å². The Labute approximate surface area is 350 Å². The van der Waals surface area contributed by atoms with Crippen LogP contribution in [0.2, 0.25) is 0 Å². The van der Waals surface area contributed by atoms with Gasteiger partial charge in [0.15, 0.2) is 12.4 Å². The van der Waals surface area contributed by atoms with E-state index in [-0.39, 0.29) is 24.9 Å². The van der Waals surface area contributed by atoms with Crippen LogP contribution in [0.5, 0.6) is 0 Å². The predicted molar refractivity (Wildman–Crippen MR) is 233 cm³/mol. The fourth-order valence-corrected chi connectivity index (χ4v) is 7.26. The van der Waals surface area contributed by atoms with Gasteiger partial charge >= 0.3 is 0 Å². The summed E-state index contributed by atoms with van der Waals surface area (Å²) in [6, 6.07) is 19.3. The number of aliphatic carboxylic acids is 2. The zero-order valence-electron chi connectivity index (χ0n) is 33.6. The molecular formula is C44H56N6O6S2. The number of carboxylic acid groups (broad SMARTS) is 2. The first kappa shape index (κ1) is 47.1. The summed E-state index contributed by atoms with van der Waals surface area (Å²) in [5.74, 6) is -0.538. The van der Waals surface area contributed by atoms with Crippen LogP contribution >= 0.6 is 21.6 Å². The molecule has 0 spiro atoms. The smallest absolute Gasteiger partial charge is 0.220 e. The molecule has 1 aromatic heterocycles. The van der Waals surface area contributed by atoms with Crippen molar-refractivity contribution in [2.75, 3.05) is 68.1 Å². The Balaban J connectivity index is 1.15. The Hall–Kier alpha value is -5.31. The molecule has 0 aliphatic heterocycles. The normalized spacial score (nSPS) is 11.7. The van der Waals surface area contributed by atoms with Crippen molar-refractivity contribution < 1.29 is 39.3 Å². The molecule has 0 saturated carbocycles. The molecule has 2 aromatic carbocycles. The number of aryl methyl sites for hydroxylation is 1. The maximum absolute atomic E-state index is 12.3. The highest BCUT2D eigenvalue weighted by molar-refractivity contribution is 8.76. The van der Waals surface area contributed by atoms with Gasteiger partial charge in [-0.2, -0.15) is 0 Å². The number of carbonyl (C=O) groups is 4. The molecule has 0 unspecified atom stereocenters. The van der Waals surface area contributed by atoms with Gasteiger partial charge in [0.2, 0.25) is 11.8 Å². The summed E-state index contributed by atoms with van der Waals surface area (Å²) in [4.78, 5) is 49.3. The van der Waals surface area contributed by atoms with Crippen molar-refractivity contribution in [3.05, 3.63) is 120 Å². The van der Waals surface area contributed by atoms with Gasteiger partial charge in [-0.3, -0.25) is 9.59 Å². The maximum Gasteiger partial charge on any atom is 0.220 e. The van der Waals surface area contributed by atoms with Gasteiger partial charge in [-0.15, -0.1) is 0 Å². The van der Waals surface area contributed by atoms with Gasteiger partial charge in [0.1, 0.15) is 6.54 Å². The summed E-state index contributed by atoms with van der Waals surface area (Å²) in [7, 11) is 6.80. The highest BCUT2D eigenvalue weighted by Crippen LogP contribution is 2.19. The third-order valence-corrected chi connectivity index (χ3v) is 11.1. The van der Waals surface area contributed by atoms with Crippen molar-refractivity contribution >= 4 is 74.9 Å². The van der Waals surface area contributed by atoms with E-state index < -0.39 is 11.9 Å². The summed E-state index contributed by atoms with van der Waals surface area (Å²) in [5, 5.41) is 29.6. The van der Waals surface area contributed by atoms with E-state index >= 15 is 0 Å². The molecule has 2 amide bonds. The lowest BCUT2D eigenvalue weighted by Crippen LogP contribution is -2.78. The SMILES string of the molecule is CC=C(C=C[NH2+]CCCC(=O)NCCSSCCNC(=O)CCC[n+]1ccc(C=Cc2ccc(N(C)CC(=O)[O-])cc2)cc1)C=Cc1ccc(N(C)CC(=O)[O-])cc1. The van der Waals surface area contributed by atoms with Crippen molar-refractivity contribution in [2.24, 2.45) is 0 Å². The number of hydrogen-bond donors (Lipinski definition) is 3. The second kappa shape index (κ2) is 27.3. The number of anilines is 2. The van der Waals surface area contributed by atoms with Crippen LogP contribution in [0, 0.1) is 0 Å². The monoisotopic (exact) mass is 828 g/mol. The average Bonchev–Trinajstić information content (AvgIpc) is 3.20. The Bertz CT molecular complexity index is 1850. The van der Waals surface area contributed by atoms with E-state index in [9.17, 15) is 29.4 Å². The van der Waals surface area contributed by atoms with Crippen LogP contribution in [-0.2, 0) is 25.7 Å². The lowest BCUT2D eigenvalue weighted by atomic mass is 10.1. The molecule has 58 heavy (non-hydrogen) atoms. The van der Waals surface area contributed by atoms with Crippen molar-refractivity contribution in [3.63, 3.8) is 0 Å². The Kier molecular flexibility index (Phi) is 22.2. The van der Waals surface area contributed by atoms with E-state index in [0.717, 1.165) is 71.1 Å². The number of nitrogens with two attached hydrogens (primary N) is 1. The third kappa shape index (κ3) is 20.2. The molecule has 4 N–H and O–H groups in total. The standard InChI is InChI=1S/C44H56N6O6S2/c1-4-35(9-10-36-13-17-39(18-14-36)48(2)33-43(53)54)21-25-45-24-5-7-41(51)46-26-31-57-58-32-27-47-42(52)8-6-28-50-29-22-38(23-30-50)12-11-37-15-19-40(20-16-37)49(3)34-44(55)56/h4,9-23,25,29-30,45H,5-8,24,26-28,31-34H2,1-3H3,(H3-,46,47,51,52,53,54,55,56). The number of nitrogens with one attached hydrogen (secondary N) is 2. The second-order valence-corrected chi connectivity index (χ2v) is 16.1. The third-order valence-electron chi connectivity index (χ3n) is 8.70. The molecular weight excluding hydrogens is 773 g/mol. The van der Waals surface area contributed by atoms with Crippen LogP contribution in [0.4, 0.5) is 11.4 Å². The summed E-state index contributed by atoms with van der Waals surface area (Å²) >= 11 is 0. The molecule has 3 rings (SSSR count). The van der Waals surface area contributed by atoms with Crippen LogP contribution in [0.25, 0.3) is 18.2 Å². The number of quaternary nitrogens is 1. The second-order valence-electron chi connectivity index (χ2n) is 13.4. The summed E-state index contributed by atoms with van der Waals surface area (Å²) < 4.78 is 2.06. The molecule has 310 valence electrons. The van der Waals surface area contributed by atoms with Crippen molar-refractivity contribution in [2.45, 2.75) is 39.2 Å². The number of nitrogens with zero attached hydrogens (tertiary/aromatic N) is 3. The molecule has 3 aromatic rings. The maximum atomic E-state index is 12.3. The van der Waals surface area contributed by atoms with Crippen LogP contribution in [0.1, 0.15) is 49.3 Å². The first-order valence-corrected chi connectivity index (χ1v) is 21.8. The van der Waals surface area contributed by atoms with E-state index in [2.05, 4.69) is 20.5 Å². The van der Waals surface area contributed by atoms with E-state index in [1.807, 2.05) is 123 Å². The molecule has 0 bridgehead atoms. The van der Waals surface area contributed by atoms with E-state index in [4.69, 9.17) is 0 Å². The van der Waals surface area contributed by atoms with E-state index in [0.29, 0.717) is 25.9 Å². The zero-order chi connectivity index (χ0) is 42.0. The van der Waals surface area contributed by atoms with Crippen LogP contribution in [0.3, 0.4) is 0 Å². The lowest BCUT2D eigenvalue weighted by molar-refractivity contribution is -0.697. The minimum atomic E-state index is -1.12. The molecule has 0 radical (unpaired) electrons. The van der Waals surface area contributed by atoms with Gasteiger partial charge < -0.3 is 45.6 Å². The number of rotatable bonds is 27. The first-order chi connectivity index (χ1) is 28.0. The summed E-state index contributed by atoms with van der Waals surface area (Å²) in [6.45, 7) is 4.43. The minimum absolute atomic E-state index is 0.0451. The quantitative estimate of drug-likeness (QED) is 0.0450. The Morgan fingerprint density at radius 3 is 1.67 bits per heavy atom. The molecule has 0 saturated heterocycles. The Morgan fingerprint density at radius 2 is 1.17 bits per heavy atom. The molecule has 1 heterocycles. The fourth-order valence-electron chi connectivity index (χ4n) is 5.45. The van der Waals surface area contributed by atoms with Crippen LogP contribution in [-0.4, -0.2) is 82.1 Å². The number of benzene rings is 2. The molecule has 0 atom stereocenters. The molecule has 0 aliphatic carbocycles. The van der Waals surface area contributed by atoms with Gasteiger partial charge in [-0.1, -0.05) is 76.2 Å².